The van der Waals surface area contributed by atoms with Crippen LogP contribution in [0.5, 0.6) is 11.6 Å². The Morgan fingerprint density at radius 1 is 1.25 bits per heavy atom. The molecule has 0 bridgehead atoms. The summed E-state index contributed by atoms with van der Waals surface area (Å²) in [5.41, 5.74) is 1.09. The van der Waals surface area contributed by atoms with Crippen molar-refractivity contribution < 1.29 is 14.6 Å². The third-order valence-corrected chi connectivity index (χ3v) is 5.32. The Morgan fingerprint density at radius 2 is 2.00 bits per heavy atom. The van der Waals surface area contributed by atoms with Gasteiger partial charge in [0.05, 0.1) is 31.2 Å². The van der Waals surface area contributed by atoms with E-state index in [1.807, 2.05) is 24.3 Å². The van der Waals surface area contributed by atoms with E-state index in [2.05, 4.69) is 15.0 Å². The molecule has 7 nitrogen and oxygen atoms in total. The topological polar surface area (TPSA) is 72.1 Å². The molecule has 1 aromatic carbocycles. The Bertz CT molecular complexity index is 824. The highest BCUT2D eigenvalue weighted by Crippen LogP contribution is 2.40. The molecule has 8 heteroatoms. The summed E-state index contributed by atoms with van der Waals surface area (Å²) in [4.78, 5) is 8.05. The maximum absolute atomic E-state index is 10.6. The molecule has 0 radical (unpaired) electrons. The molecule has 4 rings (SSSR count). The molecule has 24 heavy (non-hydrogen) atoms. The second kappa shape index (κ2) is 6.39. The molecule has 1 N–H and O–H groups in total. The molecule has 1 saturated heterocycles. The van der Waals surface area contributed by atoms with Crippen molar-refractivity contribution in [2.24, 2.45) is 0 Å². The van der Waals surface area contributed by atoms with E-state index in [4.69, 9.17) is 9.47 Å². The smallest absolute Gasteiger partial charge is 0.230 e. The fourth-order valence-corrected chi connectivity index (χ4v) is 4.11. The SMILES string of the molecule is COc1ccc([C@H](c2sc3ncnn3c2O)N2CCOCC2)cc1. The van der Waals surface area contributed by atoms with Gasteiger partial charge in [0.15, 0.2) is 0 Å². The average molecular weight is 346 g/mol. The monoisotopic (exact) mass is 346 g/mol. The maximum Gasteiger partial charge on any atom is 0.230 e. The highest BCUT2D eigenvalue weighted by atomic mass is 32.1. The predicted octanol–water partition coefficient (Wildman–Crippen LogP) is 1.93. The van der Waals surface area contributed by atoms with E-state index >= 15 is 0 Å². The lowest BCUT2D eigenvalue weighted by molar-refractivity contribution is 0.0241. The number of benzene rings is 1. The van der Waals surface area contributed by atoms with Crippen LogP contribution in [0.3, 0.4) is 0 Å². The first-order chi connectivity index (χ1) is 11.8. The lowest BCUT2D eigenvalue weighted by Crippen LogP contribution is -2.39. The fraction of sp³-hybridized carbons (Fsp3) is 0.375. The van der Waals surface area contributed by atoms with Crippen molar-refractivity contribution >= 4 is 16.3 Å². The van der Waals surface area contributed by atoms with Crippen molar-refractivity contribution in [1.29, 1.82) is 0 Å². The third kappa shape index (κ3) is 2.62. The molecule has 1 aliphatic heterocycles. The lowest BCUT2D eigenvalue weighted by Gasteiger charge is -2.34. The van der Waals surface area contributed by atoms with Gasteiger partial charge in [0, 0.05) is 13.1 Å². The lowest BCUT2D eigenvalue weighted by atomic mass is 10.0. The molecule has 3 aromatic rings. The Balaban J connectivity index is 1.79. The number of methoxy groups -OCH3 is 1. The van der Waals surface area contributed by atoms with Crippen LogP contribution in [0.2, 0.25) is 0 Å². The molecule has 126 valence electrons. The second-order valence-corrected chi connectivity index (χ2v) is 6.58. The van der Waals surface area contributed by atoms with Gasteiger partial charge in [-0.1, -0.05) is 23.5 Å². The predicted molar refractivity (Wildman–Crippen MR) is 89.8 cm³/mol. The minimum Gasteiger partial charge on any atom is -0.497 e. The van der Waals surface area contributed by atoms with Crippen LogP contribution in [0.25, 0.3) is 4.96 Å². The van der Waals surface area contributed by atoms with E-state index < -0.39 is 0 Å². The van der Waals surface area contributed by atoms with E-state index in [0.717, 1.165) is 29.3 Å². The molecule has 1 atom stereocenters. The molecule has 0 aliphatic carbocycles. The Hall–Kier alpha value is -2.16. The molecule has 2 aromatic heterocycles. The zero-order valence-electron chi connectivity index (χ0n) is 13.3. The minimum absolute atomic E-state index is 0.0618. The van der Waals surface area contributed by atoms with Gasteiger partial charge in [0.1, 0.15) is 12.1 Å². The quantitative estimate of drug-likeness (QED) is 0.778. The van der Waals surface area contributed by atoms with Gasteiger partial charge in [-0.25, -0.2) is 4.98 Å². The van der Waals surface area contributed by atoms with Gasteiger partial charge >= 0.3 is 0 Å². The van der Waals surface area contributed by atoms with Gasteiger partial charge in [0.25, 0.3) is 0 Å². The van der Waals surface area contributed by atoms with E-state index in [9.17, 15) is 5.11 Å². The van der Waals surface area contributed by atoms with E-state index in [1.54, 1.807) is 7.11 Å². The van der Waals surface area contributed by atoms with Crippen LogP contribution in [0.15, 0.2) is 30.6 Å². The molecule has 0 amide bonds. The van der Waals surface area contributed by atoms with Crippen LogP contribution in [-0.4, -0.2) is 58.0 Å². The average Bonchev–Trinajstić information content (AvgIpc) is 3.21. The molecular weight excluding hydrogens is 328 g/mol. The Kier molecular flexibility index (Phi) is 4.09. The van der Waals surface area contributed by atoms with Crippen LogP contribution in [-0.2, 0) is 4.74 Å². The number of thiazole rings is 1. The number of rotatable bonds is 4. The van der Waals surface area contributed by atoms with Gasteiger partial charge in [-0.15, -0.1) is 0 Å². The number of ether oxygens (including phenoxy) is 2. The number of morpholine rings is 1. The highest BCUT2D eigenvalue weighted by molar-refractivity contribution is 7.17. The summed E-state index contributed by atoms with van der Waals surface area (Å²) in [6, 6.07) is 7.89. The summed E-state index contributed by atoms with van der Waals surface area (Å²) < 4.78 is 12.2. The first kappa shape index (κ1) is 15.4. The minimum atomic E-state index is -0.0618. The van der Waals surface area contributed by atoms with Crippen LogP contribution < -0.4 is 4.74 Å². The van der Waals surface area contributed by atoms with Crippen LogP contribution in [0, 0.1) is 0 Å². The number of aromatic nitrogens is 3. The molecule has 3 heterocycles. The van der Waals surface area contributed by atoms with Crippen molar-refractivity contribution in [2.75, 3.05) is 33.4 Å². The zero-order chi connectivity index (χ0) is 16.5. The van der Waals surface area contributed by atoms with Crippen molar-refractivity contribution in [1.82, 2.24) is 19.5 Å². The largest absolute Gasteiger partial charge is 0.497 e. The molecule has 1 fully saturated rings. The number of fused-ring (bicyclic) bond motifs is 1. The highest BCUT2D eigenvalue weighted by Gasteiger charge is 2.30. The summed E-state index contributed by atoms with van der Waals surface area (Å²) in [7, 11) is 1.65. The van der Waals surface area contributed by atoms with Crippen LogP contribution >= 0.6 is 11.3 Å². The number of nitrogens with zero attached hydrogens (tertiary/aromatic N) is 4. The summed E-state index contributed by atoms with van der Waals surface area (Å²) in [5.74, 6) is 0.964. The standard InChI is InChI=1S/C16H18N4O3S/c1-22-12-4-2-11(3-5-12)13(19-6-8-23-9-7-19)14-15(21)20-16(24-14)17-10-18-20/h2-5,10,13,21H,6-9H2,1H3/t13-/m1/s1. The normalized spacial score (nSPS) is 17.2. The summed E-state index contributed by atoms with van der Waals surface area (Å²) in [6.07, 6.45) is 1.45. The summed E-state index contributed by atoms with van der Waals surface area (Å²) in [6.45, 7) is 3.00. The van der Waals surface area contributed by atoms with Gasteiger partial charge in [-0.05, 0) is 17.7 Å². The first-order valence-corrected chi connectivity index (χ1v) is 8.56. The molecule has 0 spiro atoms. The first-order valence-electron chi connectivity index (χ1n) is 7.75. The summed E-state index contributed by atoms with van der Waals surface area (Å²) in [5, 5.41) is 14.7. The molecule has 0 saturated carbocycles. The summed E-state index contributed by atoms with van der Waals surface area (Å²) >= 11 is 1.46. The van der Waals surface area contributed by atoms with E-state index in [0.29, 0.717) is 18.2 Å². The van der Waals surface area contributed by atoms with E-state index in [-0.39, 0.29) is 11.9 Å². The third-order valence-electron chi connectivity index (χ3n) is 4.23. The van der Waals surface area contributed by atoms with Gasteiger partial charge in [-0.2, -0.15) is 9.61 Å². The Morgan fingerprint density at radius 3 is 2.67 bits per heavy atom. The second-order valence-electron chi connectivity index (χ2n) is 5.57. The number of aromatic hydroxyl groups is 1. The van der Waals surface area contributed by atoms with Gasteiger partial charge in [-0.3, -0.25) is 4.90 Å². The maximum atomic E-state index is 10.6. The molecule has 0 unspecified atom stereocenters. The van der Waals surface area contributed by atoms with Crippen LogP contribution in [0.1, 0.15) is 16.5 Å². The van der Waals surface area contributed by atoms with Crippen molar-refractivity contribution in [3.05, 3.63) is 41.0 Å². The fourth-order valence-electron chi connectivity index (χ4n) is 3.02. The zero-order valence-corrected chi connectivity index (χ0v) is 14.1. The van der Waals surface area contributed by atoms with Crippen molar-refractivity contribution in [3.63, 3.8) is 0 Å². The molecular formula is C16H18N4O3S. The molecule has 1 aliphatic rings. The number of hydrogen-bond acceptors (Lipinski definition) is 7. The van der Waals surface area contributed by atoms with Crippen LogP contribution in [0.4, 0.5) is 0 Å². The van der Waals surface area contributed by atoms with E-state index in [1.165, 1.54) is 22.2 Å². The van der Waals surface area contributed by atoms with Crippen molar-refractivity contribution in [2.45, 2.75) is 6.04 Å². The number of hydrogen-bond donors (Lipinski definition) is 1. The van der Waals surface area contributed by atoms with Gasteiger partial charge in [0.2, 0.25) is 10.8 Å². The van der Waals surface area contributed by atoms with Crippen molar-refractivity contribution in [3.8, 4) is 11.6 Å². The van der Waals surface area contributed by atoms with Gasteiger partial charge < -0.3 is 14.6 Å². The Labute approximate surface area is 143 Å².